The number of hydrogen-bond donors (Lipinski definition) is 7. The summed E-state index contributed by atoms with van der Waals surface area (Å²) in [6, 6.07) is 8.74. The number of hydrogen-bond acceptors (Lipinski definition) is 9. The number of carbonyl (C=O) groups is 8. The van der Waals surface area contributed by atoms with Crippen molar-refractivity contribution >= 4 is 58.1 Å². The van der Waals surface area contributed by atoms with Gasteiger partial charge in [0, 0.05) is 42.2 Å². The zero-order chi connectivity index (χ0) is 50.9. The van der Waals surface area contributed by atoms with Gasteiger partial charge < -0.3 is 42.1 Å². The summed E-state index contributed by atoms with van der Waals surface area (Å²) in [6.45, 7) is 14.8. The molecule has 2 saturated heterocycles. The van der Waals surface area contributed by atoms with Crippen LogP contribution in [-0.2, 0) is 62.0 Å². The van der Waals surface area contributed by atoms with E-state index in [2.05, 4.69) is 37.2 Å². The predicted octanol–water partition coefficient (Wildman–Crippen LogP) is 2.43. The monoisotopic (exact) mass is 977 g/mol. The Morgan fingerprint density at radius 2 is 0.986 bits per heavy atom. The Labute approximate surface area is 410 Å². The number of nitrogens with one attached hydrogen (secondary N) is 7. The highest BCUT2D eigenvalue weighted by molar-refractivity contribution is 7.84. The first-order valence-electron chi connectivity index (χ1n) is 24.5. The van der Waals surface area contributed by atoms with Crippen LogP contribution in [0.25, 0.3) is 0 Å². The van der Waals surface area contributed by atoms with Crippen molar-refractivity contribution < 1.29 is 42.6 Å². The van der Waals surface area contributed by atoms with E-state index in [1.54, 1.807) is 45.0 Å². The number of nitrogens with zero attached hydrogens (tertiary/aromatic N) is 1. The molecular weight excluding hydrogens is 901 g/mol. The molecule has 69 heavy (non-hydrogen) atoms. The van der Waals surface area contributed by atoms with Gasteiger partial charge in [0.05, 0.1) is 0 Å². The normalized spacial score (nSPS) is 26.2. The molecule has 10 atom stereocenters. The Hall–Kier alpha value is -5.65. The van der Waals surface area contributed by atoms with E-state index >= 15 is 0 Å². The van der Waals surface area contributed by atoms with E-state index in [1.165, 1.54) is 11.2 Å². The predicted molar refractivity (Wildman–Crippen MR) is 265 cm³/mol. The first-order valence-corrected chi connectivity index (χ1v) is 26.2. The summed E-state index contributed by atoms with van der Waals surface area (Å²) in [5.74, 6) is -6.30. The Bertz CT molecular complexity index is 2110. The van der Waals surface area contributed by atoms with Gasteiger partial charge in [-0.15, -0.1) is 0 Å². The molecule has 0 aromatic heterocycles. The average molecular weight is 977 g/mol. The van der Waals surface area contributed by atoms with Gasteiger partial charge in [-0.3, -0.25) is 42.6 Å². The van der Waals surface area contributed by atoms with Gasteiger partial charge in [0.1, 0.15) is 48.3 Å². The number of fused-ring (bicyclic) bond motifs is 1. The Morgan fingerprint density at radius 3 is 1.51 bits per heavy atom. The van der Waals surface area contributed by atoms with Crippen LogP contribution in [0.1, 0.15) is 105 Å². The maximum absolute atomic E-state index is 14.7. The Balaban J connectivity index is 1.85. The summed E-state index contributed by atoms with van der Waals surface area (Å²) in [4.78, 5) is 117. The zero-order valence-corrected chi connectivity index (χ0v) is 42.6. The molecule has 2 heterocycles. The fourth-order valence-electron chi connectivity index (χ4n) is 8.65. The lowest BCUT2D eigenvalue weighted by Crippen LogP contribution is -2.62. The van der Waals surface area contributed by atoms with Gasteiger partial charge in [-0.05, 0) is 66.9 Å². The van der Waals surface area contributed by atoms with Crippen LogP contribution in [0, 0.1) is 23.7 Å². The fourth-order valence-corrected chi connectivity index (χ4v) is 9.22. The molecule has 0 saturated carbocycles. The summed E-state index contributed by atoms with van der Waals surface area (Å²) < 4.78 is 12.4. The van der Waals surface area contributed by atoms with Crippen molar-refractivity contribution in [1.29, 1.82) is 0 Å². The van der Waals surface area contributed by atoms with Gasteiger partial charge in [-0.1, -0.05) is 122 Å². The highest BCUT2D eigenvalue weighted by atomic mass is 32.2. The lowest BCUT2D eigenvalue weighted by molar-refractivity contribution is -0.143. The molecular formula is C51H76N8O9S. The lowest BCUT2D eigenvalue weighted by atomic mass is 9.96. The molecule has 0 spiro atoms. The molecule has 10 unspecified atom stereocenters. The van der Waals surface area contributed by atoms with Crippen molar-refractivity contribution in [2.45, 2.75) is 155 Å². The maximum atomic E-state index is 14.7. The van der Waals surface area contributed by atoms with Crippen LogP contribution in [0.2, 0.25) is 0 Å². The molecule has 0 bridgehead atoms. The minimum atomic E-state index is -1.38. The molecule has 8 amide bonds. The van der Waals surface area contributed by atoms with E-state index < -0.39 is 118 Å². The quantitative estimate of drug-likeness (QED) is 0.147. The van der Waals surface area contributed by atoms with E-state index in [-0.39, 0.29) is 56.2 Å². The molecule has 2 fully saturated rings. The second-order valence-corrected chi connectivity index (χ2v) is 21.4. The second-order valence-electron chi connectivity index (χ2n) is 19.8. The van der Waals surface area contributed by atoms with Crippen molar-refractivity contribution in [3.05, 3.63) is 71.8 Å². The Kier molecular flexibility index (Phi) is 21.8. The average Bonchev–Trinajstić information content (AvgIpc) is 3.80. The molecule has 2 aromatic carbocycles. The smallest absolute Gasteiger partial charge is 0.246 e. The van der Waals surface area contributed by atoms with Crippen molar-refractivity contribution in [2.24, 2.45) is 23.7 Å². The lowest BCUT2D eigenvalue weighted by Gasteiger charge is -2.32. The minimum absolute atomic E-state index is 0.0235. The molecule has 4 rings (SSSR count). The SMILES string of the molecule is CCC(C)C1NC(=O)C(Cc2ccccc2)NC(=O)C(CC(C)C)NC(=O)C2CCCN2C(=O)C(Cc2ccccc2)NC(=O)C(C(C)C)NC(=O)C(CC(C)C)NC(=O)C(CCS(C)=O)NC1=O. The van der Waals surface area contributed by atoms with Crippen molar-refractivity contribution in [3.63, 3.8) is 0 Å². The van der Waals surface area contributed by atoms with E-state index in [9.17, 15) is 42.6 Å². The summed E-state index contributed by atoms with van der Waals surface area (Å²) in [5.41, 5.74) is 1.45. The van der Waals surface area contributed by atoms with Crippen LogP contribution in [0.15, 0.2) is 60.7 Å². The van der Waals surface area contributed by atoms with Gasteiger partial charge in [0.15, 0.2) is 0 Å². The largest absolute Gasteiger partial charge is 0.343 e. The first-order chi connectivity index (χ1) is 32.7. The first kappa shape index (κ1) is 55.9. The highest BCUT2D eigenvalue weighted by Gasteiger charge is 2.41. The molecule has 380 valence electrons. The maximum Gasteiger partial charge on any atom is 0.246 e. The second kappa shape index (κ2) is 26.9. The third-order valence-corrected chi connectivity index (χ3v) is 13.5. The summed E-state index contributed by atoms with van der Waals surface area (Å²) in [5, 5.41) is 19.9. The van der Waals surface area contributed by atoms with Gasteiger partial charge in [0.25, 0.3) is 0 Å². The van der Waals surface area contributed by atoms with E-state index in [0.29, 0.717) is 24.8 Å². The third kappa shape index (κ3) is 17.1. The molecule has 2 aliphatic rings. The standard InChI is InChI=1S/C51H76N8O9S/c1-10-33(8)43-50(66)52-36(23-25-69(9)68)44(60)53-38(27-31(4)5)46(62)57-42(32(6)7)49(65)56-40(29-35-20-15-12-16-21-35)51(67)59-24-17-22-41(59)48(64)55-37(26-30(2)3)45(61)54-39(47(63)58-43)28-34-18-13-11-14-19-34/h11-16,18-21,30-33,36-43H,10,17,22-29H2,1-9H3,(H,52,66)(H,53,60)(H,54,61)(H,55,64)(H,56,65)(H,57,62)(H,58,63). The third-order valence-electron chi connectivity index (χ3n) is 12.7. The molecule has 17 nitrogen and oxygen atoms in total. The van der Waals surface area contributed by atoms with Crippen LogP contribution < -0.4 is 37.2 Å². The van der Waals surface area contributed by atoms with Gasteiger partial charge in [0.2, 0.25) is 47.3 Å². The van der Waals surface area contributed by atoms with E-state index in [4.69, 9.17) is 0 Å². The van der Waals surface area contributed by atoms with Crippen LogP contribution in [0.5, 0.6) is 0 Å². The van der Waals surface area contributed by atoms with Crippen molar-refractivity contribution in [1.82, 2.24) is 42.1 Å². The molecule has 0 radical (unpaired) electrons. The van der Waals surface area contributed by atoms with Crippen molar-refractivity contribution in [2.75, 3.05) is 18.6 Å². The number of amides is 8. The van der Waals surface area contributed by atoms with Crippen LogP contribution >= 0.6 is 0 Å². The number of carbonyl (C=O) groups excluding carboxylic acids is 8. The summed E-state index contributed by atoms with van der Waals surface area (Å²) in [6.07, 6.45) is 3.03. The zero-order valence-electron chi connectivity index (χ0n) is 41.8. The summed E-state index contributed by atoms with van der Waals surface area (Å²) >= 11 is 0. The number of benzene rings is 2. The van der Waals surface area contributed by atoms with Gasteiger partial charge in [-0.2, -0.15) is 0 Å². The van der Waals surface area contributed by atoms with E-state index in [1.807, 2.05) is 71.0 Å². The fraction of sp³-hybridized carbons (Fsp3) is 0.608. The number of rotatable bonds is 14. The minimum Gasteiger partial charge on any atom is -0.343 e. The molecule has 18 heteroatoms. The highest BCUT2D eigenvalue weighted by Crippen LogP contribution is 2.22. The van der Waals surface area contributed by atoms with Crippen molar-refractivity contribution in [3.8, 4) is 0 Å². The molecule has 7 N–H and O–H groups in total. The van der Waals surface area contributed by atoms with E-state index in [0.717, 1.165) is 5.56 Å². The van der Waals surface area contributed by atoms with Gasteiger partial charge in [-0.25, -0.2) is 0 Å². The van der Waals surface area contributed by atoms with Crippen LogP contribution in [0.4, 0.5) is 0 Å². The molecule has 2 aromatic rings. The Morgan fingerprint density at radius 1 is 0.551 bits per heavy atom. The van der Waals surface area contributed by atoms with Crippen LogP contribution in [-0.4, -0.2) is 123 Å². The van der Waals surface area contributed by atoms with Crippen LogP contribution in [0.3, 0.4) is 0 Å². The van der Waals surface area contributed by atoms with Gasteiger partial charge >= 0.3 is 0 Å². The topological polar surface area (TPSA) is 241 Å². The molecule has 2 aliphatic heterocycles. The summed E-state index contributed by atoms with van der Waals surface area (Å²) in [7, 11) is -1.38. The molecule has 0 aliphatic carbocycles.